The van der Waals surface area contributed by atoms with Crippen LogP contribution in [0.3, 0.4) is 0 Å². The van der Waals surface area contributed by atoms with Gasteiger partial charge in [0.05, 0.1) is 6.61 Å². The molecule has 0 aliphatic heterocycles. The first-order valence-corrected chi connectivity index (χ1v) is 8.64. The molecule has 146 valence electrons. The van der Waals surface area contributed by atoms with Crippen molar-refractivity contribution < 1.29 is 27.8 Å². The van der Waals surface area contributed by atoms with Crippen LogP contribution in [0.4, 0.5) is 10.1 Å². The maximum atomic E-state index is 12.9. The lowest BCUT2D eigenvalue weighted by Gasteiger charge is -2.07. The molecule has 7 heteroatoms. The van der Waals surface area contributed by atoms with E-state index in [2.05, 4.69) is 5.32 Å². The number of anilines is 1. The smallest absolute Gasteiger partial charge is 0.291 e. The molecule has 28 heavy (non-hydrogen) atoms. The van der Waals surface area contributed by atoms with E-state index in [1.165, 1.54) is 24.3 Å². The van der Waals surface area contributed by atoms with Crippen LogP contribution in [0, 0.1) is 5.82 Å². The van der Waals surface area contributed by atoms with Crippen LogP contribution in [0.2, 0.25) is 0 Å². The number of benzene rings is 2. The van der Waals surface area contributed by atoms with Gasteiger partial charge in [-0.15, -0.1) is 0 Å². The molecule has 3 aromatic rings. The van der Waals surface area contributed by atoms with E-state index < -0.39 is 0 Å². The van der Waals surface area contributed by atoms with Crippen molar-refractivity contribution >= 4 is 11.6 Å². The third-order valence-corrected chi connectivity index (χ3v) is 3.75. The van der Waals surface area contributed by atoms with Crippen molar-refractivity contribution in [1.29, 1.82) is 0 Å². The lowest BCUT2D eigenvalue weighted by Crippen LogP contribution is -2.11. The first-order valence-electron chi connectivity index (χ1n) is 8.64. The highest BCUT2D eigenvalue weighted by atomic mass is 19.1. The van der Waals surface area contributed by atoms with Crippen LogP contribution in [0.1, 0.15) is 16.3 Å². The predicted octanol–water partition coefficient (Wildman–Crippen LogP) is 4.28. The summed E-state index contributed by atoms with van der Waals surface area (Å²) >= 11 is 0. The Morgan fingerprint density at radius 1 is 0.929 bits per heavy atom. The summed E-state index contributed by atoms with van der Waals surface area (Å²) < 4.78 is 34.3. The largest absolute Gasteiger partial charge is 0.491 e. The standard InChI is InChI=1S/C21H20FNO5/c1-25-12-13-26-17-8-4-16(5-9-17)23-21(24)20-11-10-19(28-20)14-27-18-6-2-15(22)3-7-18/h2-11H,12-14H2,1H3,(H,23,24). The molecule has 0 saturated heterocycles. The summed E-state index contributed by atoms with van der Waals surface area (Å²) in [6.45, 7) is 1.09. The van der Waals surface area contributed by atoms with Gasteiger partial charge in [-0.3, -0.25) is 4.79 Å². The molecule has 0 atom stereocenters. The summed E-state index contributed by atoms with van der Waals surface area (Å²) in [7, 11) is 1.61. The zero-order chi connectivity index (χ0) is 19.8. The van der Waals surface area contributed by atoms with Crippen molar-refractivity contribution in [2.24, 2.45) is 0 Å². The van der Waals surface area contributed by atoms with Crippen LogP contribution in [0.5, 0.6) is 11.5 Å². The monoisotopic (exact) mass is 385 g/mol. The normalized spacial score (nSPS) is 10.5. The number of nitrogens with one attached hydrogen (secondary N) is 1. The average molecular weight is 385 g/mol. The molecule has 6 nitrogen and oxygen atoms in total. The Labute approximate surface area is 161 Å². The van der Waals surface area contributed by atoms with Crippen molar-refractivity contribution in [1.82, 2.24) is 0 Å². The minimum absolute atomic E-state index is 0.131. The summed E-state index contributed by atoms with van der Waals surface area (Å²) in [4.78, 5) is 12.3. The Morgan fingerprint density at radius 3 is 2.32 bits per heavy atom. The highest BCUT2D eigenvalue weighted by Gasteiger charge is 2.12. The number of furan rings is 1. The summed E-state index contributed by atoms with van der Waals surface area (Å²) in [6, 6.07) is 15.9. The number of methoxy groups -OCH3 is 1. The summed E-state index contributed by atoms with van der Waals surface area (Å²) in [5.74, 6) is 1.14. The number of hydrogen-bond acceptors (Lipinski definition) is 5. The van der Waals surface area contributed by atoms with E-state index in [1.54, 1.807) is 43.5 Å². The highest BCUT2D eigenvalue weighted by Crippen LogP contribution is 2.18. The SMILES string of the molecule is COCCOc1ccc(NC(=O)c2ccc(COc3ccc(F)cc3)o2)cc1. The van der Waals surface area contributed by atoms with Crippen LogP contribution < -0.4 is 14.8 Å². The van der Waals surface area contributed by atoms with Crippen LogP contribution in [0.25, 0.3) is 0 Å². The van der Waals surface area contributed by atoms with E-state index in [1.807, 2.05) is 0 Å². The minimum Gasteiger partial charge on any atom is -0.491 e. The third-order valence-electron chi connectivity index (χ3n) is 3.75. The van der Waals surface area contributed by atoms with Gasteiger partial charge >= 0.3 is 0 Å². The highest BCUT2D eigenvalue weighted by molar-refractivity contribution is 6.02. The molecule has 3 rings (SSSR count). The summed E-state index contributed by atoms with van der Waals surface area (Å²) in [6.07, 6.45) is 0. The van der Waals surface area contributed by atoms with Gasteiger partial charge in [0.25, 0.3) is 5.91 Å². The Balaban J connectivity index is 1.51. The maximum Gasteiger partial charge on any atom is 0.291 e. The molecule has 2 aromatic carbocycles. The molecule has 0 saturated carbocycles. The van der Waals surface area contributed by atoms with Crippen molar-refractivity contribution in [2.75, 3.05) is 25.6 Å². The summed E-state index contributed by atoms with van der Waals surface area (Å²) in [5.41, 5.74) is 0.615. The molecular formula is C21H20FNO5. The topological polar surface area (TPSA) is 69.9 Å². The molecular weight excluding hydrogens is 365 g/mol. The fourth-order valence-corrected chi connectivity index (χ4v) is 2.33. The van der Waals surface area contributed by atoms with Gasteiger partial charge in [0.2, 0.25) is 0 Å². The lowest BCUT2D eigenvalue weighted by molar-refractivity contribution is 0.0992. The predicted molar refractivity (Wildman–Crippen MR) is 101 cm³/mol. The first-order chi connectivity index (χ1) is 13.6. The molecule has 1 heterocycles. The molecule has 0 radical (unpaired) electrons. The number of carbonyl (C=O) groups is 1. The zero-order valence-electron chi connectivity index (χ0n) is 15.3. The average Bonchev–Trinajstić information content (AvgIpc) is 3.18. The first kappa shape index (κ1) is 19.4. The van der Waals surface area contributed by atoms with Crippen LogP contribution in [-0.4, -0.2) is 26.2 Å². The second-order valence-electron chi connectivity index (χ2n) is 5.83. The van der Waals surface area contributed by atoms with Gasteiger partial charge in [0, 0.05) is 12.8 Å². The number of hydrogen-bond donors (Lipinski definition) is 1. The third kappa shape index (κ3) is 5.59. The molecule has 0 bridgehead atoms. The van der Waals surface area contributed by atoms with Gasteiger partial charge < -0.3 is 23.9 Å². The van der Waals surface area contributed by atoms with Crippen LogP contribution in [-0.2, 0) is 11.3 Å². The molecule has 0 spiro atoms. The summed E-state index contributed by atoms with van der Waals surface area (Å²) in [5, 5.41) is 2.75. The number of carbonyl (C=O) groups excluding carboxylic acids is 1. The van der Waals surface area contributed by atoms with Crippen molar-refractivity contribution in [3.8, 4) is 11.5 Å². The lowest BCUT2D eigenvalue weighted by atomic mass is 10.3. The van der Waals surface area contributed by atoms with Crippen LogP contribution in [0.15, 0.2) is 65.1 Å². The minimum atomic E-state index is -0.374. The zero-order valence-corrected chi connectivity index (χ0v) is 15.3. The molecule has 1 amide bonds. The van der Waals surface area contributed by atoms with E-state index in [-0.39, 0.29) is 24.1 Å². The number of amides is 1. The van der Waals surface area contributed by atoms with Crippen molar-refractivity contribution in [3.63, 3.8) is 0 Å². The van der Waals surface area contributed by atoms with Crippen LogP contribution >= 0.6 is 0 Å². The van der Waals surface area contributed by atoms with E-state index in [9.17, 15) is 9.18 Å². The van der Waals surface area contributed by atoms with E-state index >= 15 is 0 Å². The van der Waals surface area contributed by atoms with Gasteiger partial charge in [0.1, 0.15) is 36.3 Å². The molecule has 1 N–H and O–H groups in total. The number of halogens is 1. The van der Waals surface area contributed by atoms with E-state index in [4.69, 9.17) is 18.6 Å². The second kappa shape index (κ2) is 9.57. The van der Waals surface area contributed by atoms with Gasteiger partial charge in [0.15, 0.2) is 5.76 Å². The Hall–Kier alpha value is -3.32. The molecule has 0 unspecified atom stereocenters. The molecule has 0 aliphatic rings. The quantitative estimate of drug-likeness (QED) is 0.557. The van der Waals surface area contributed by atoms with Gasteiger partial charge in [-0.05, 0) is 60.7 Å². The van der Waals surface area contributed by atoms with Gasteiger partial charge in [-0.2, -0.15) is 0 Å². The van der Waals surface area contributed by atoms with Crippen molar-refractivity contribution in [3.05, 3.63) is 78.0 Å². The maximum absolute atomic E-state index is 12.9. The molecule has 0 aliphatic carbocycles. The fraction of sp³-hybridized carbons (Fsp3) is 0.190. The number of rotatable bonds is 9. The Morgan fingerprint density at radius 2 is 1.61 bits per heavy atom. The molecule has 0 fully saturated rings. The van der Waals surface area contributed by atoms with E-state index in [0.29, 0.717) is 36.2 Å². The van der Waals surface area contributed by atoms with Crippen molar-refractivity contribution in [2.45, 2.75) is 6.61 Å². The van der Waals surface area contributed by atoms with E-state index in [0.717, 1.165) is 0 Å². The Kier molecular flexibility index (Phi) is 6.64. The Bertz CT molecular complexity index is 890. The number of ether oxygens (including phenoxy) is 3. The van der Waals surface area contributed by atoms with Gasteiger partial charge in [-0.1, -0.05) is 0 Å². The fourth-order valence-electron chi connectivity index (χ4n) is 2.33. The second-order valence-corrected chi connectivity index (χ2v) is 5.83. The molecule has 1 aromatic heterocycles. The van der Waals surface area contributed by atoms with Gasteiger partial charge in [-0.25, -0.2) is 4.39 Å².